The second kappa shape index (κ2) is 8.40. The van der Waals surface area contributed by atoms with Crippen LogP contribution in [0.5, 0.6) is 0 Å². The van der Waals surface area contributed by atoms with Crippen LogP contribution in [0.25, 0.3) is 16.8 Å². The summed E-state index contributed by atoms with van der Waals surface area (Å²) in [4.78, 5) is 15.9. The van der Waals surface area contributed by atoms with Crippen molar-refractivity contribution in [1.82, 2.24) is 14.9 Å². The van der Waals surface area contributed by atoms with E-state index >= 15 is 0 Å². The van der Waals surface area contributed by atoms with Gasteiger partial charge in [-0.15, -0.1) is 0 Å². The number of amides is 1. The van der Waals surface area contributed by atoms with Crippen molar-refractivity contribution >= 4 is 5.91 Å². The molecule has 2 aromatic carbocycles. The van der Waals surface area contributed by atoms with Gasteiger partial charge in [-0.25, -0.2) is 9.37 Å². The van der Waals surface area contributed by atoms with E-state index in [2.05, 4.69) is 10.3 Å². The molecule has 1 aromatic heterocycles. The highest BCUT2D eigenvalue weighted by Gasteiger charge is 2.37. The first-order chi connectivity index (χ1) is 14.5. The van der Waals surface area contributed by atoms with E-state index in [1.165, 1.54) is 41.4 Å². The minimum absolute atomic E-state index is 0.0612. The molecule has 1 N–H and O–H groups in total. The van der Waals surface area contributed by atoms with Crippen LogP contribution >= 0.6 is 0 Å². The normalized spacial score (nSPS) is 12.1. The van der Waals surface area contributed by atoms with Crippen molar-refractivity contribution in [2.75, 3.05) is 13.2 Å². The van der Waals surface area contributed by atoms with Crippen LogP contribution in [-0.2, 0) is 12.4 Å². The standard InChI is InChI=1S/C20H14F7N3O/c21-5-6-29-18(31)17-10-28-11-30(17)16-3-1-12(2-4-16)13-7-14(19(22,23)24)9-15(8-13)20(25,26)27/h1-4,7-11H,5-6H2,(H,29,31). The molecule has 0 atom stereocenters. The van der Waals surface area contributed by atoms with Crippen molar-refractivity contribution in [3.05, 3.63) is 71.8 Å². The zero-order valence-electron chi connectivity index (χ0n) is 15.6. The van der Waals surface area contributed by atoms with Crippen LogP contribution in [0.15, 0.2) is 55.0 Å². The lowest BCUT2D eigenvalue weighted by Crippen LogP contribution is -2.27. The summed E-state index contributed by atoms with van der Waals surface area (Å²) in [6.45, 7) is -0.953. The minimum Gasteiger partial charge on any atom is -0.348 e. The van der Waals surface area contributed by atoms with Gasteiger partial charge in [-0.3, -0.25) is 9.36 Å². The second-order valence-corrected chi connectivity index (χ2v) is 6.44. The molecule has 0 fully saturated rings. The van der Waals surface area contributed by atoms with Gasteiger partial charge in [0.25, 0.3) is 5.91 Å². The fraction of sp³-hybridized carbons (Fsp3) is 0.200. The average molecular weight is 445 g/mol. The third kappa shape index (κ3) is 5.04. The summed E-state index contributed by atoms with van der Waals surface area (Å²) < 4.78 is 92.0. The summed E-state index contributed by atoms with van der Waals surface area (Å²) in [7, 11) is 0. The largest absolute Gasteiger partial charge is 0.416 e. The van der Waals surface area contributed by atoms with Crippen molar-refractivity contribution in [2.24, 2.45) is 0 Å². The Morgan fingerprint density at radius 1 is 0.903 bits per heavy atom. The first kappa shape index (κ1) is 22.3. The van der Waals surface area contributed by atoms with Gasteiger partial charge in [0.15, 0.2) is 0 Å². The molecule has 0 aliphatic rings. The van der Waals surface area contributed by atoms with Gasteiger partial charge < -0.3 is 5.32 Å². The molecule has 0 radical (unpaired) electrons. The van der Waals surface area contributed by atoms with Crippen LogP contribution in [0.3, 0.4) is 0 Å². The Balaban J connectivity index is 1.98. The van der Waals surface area contributed by atoms with E-state index in [1.807, 2.05) is 0 Å². The van der Waals surface area contributed by atoms with Gasteiger partial charge in [0, 0.05) is 12.2 Å². The number of carbonyl (C=O) groups excluding carboxylic acids is 1. The van der Waals surface area contributed by atoms with E-state index in [0.29, 0.717) is 17.8 Å². The Bertz CT molecular complexity index is 1040. The van der Waals surface area contributed by atoms with Crippen LogP contribution in [0.2, 0.25) is 0 Å². The predicted octanol–water partition coefficient (Wildman–Crippen LogP) is 5.28. The summed E-state index contributed by atoms with van der Waals surface area (Å²) in [6.07, 6.45) is -7.36. The number of aromatic nitrogens is 2. The number of nitrogens with zero attached hydrogens (tertiary/aromatic N) is 2. The van der Waals surface area contributed by atoms with Gasteiger partial charge in [0.05, 0.1) is 23.7 Å². The summed E-state index contributed by atoms with van der Waals surface area (Å²) >= 11 is 0. The number of nitrogens with one attached hydrogen (secondary N) is 1. The van der Waals surface area contributed by atoms with Gasteiger partial charge in [-0.1, -0.05) is 12.1 Å². The minimum atomic E-state index is -4.95. The molecule has 11 heteroatoms. The van der Waals surface area contributed by atoms with Gasteiger partial charge in [0.2, 0.25) is 0 Å². The van der Waals surface area contributed by atoms with Crippen LogP contribution in [0.4, 0.5) is 30.7 Å². The summed E-state index contributed by atoms with van der Waals surface area (Å²) in [5.74, 6) is -0.591. The van der Waals surface area contributed by atoms with Crippen molar-refractivity contribution in [1.29, 1.82) is 0 Å². The maximum atomic E-state index is 13.1. The molecule has 31 heavy (non-hydrogen) atoms. The zero-order chi connectivity index (χ0) is 22.8. The van der Waals surface area contributed by atoms with E-state index in [4.69, 9.17) is 0 Å². The first-order valence-corrected chi connectivity index (χ1v) is 8.77. The van der Waals surface area contributed by atoms with Gasteiger partial charge in [0.1, 0.15) is 12.4 Å². The van der Waals surface area contributed by atoms with E-state index < -0.39 is 36.1 Å². The summed E-state index contributed by atoms with van der Waals surface area (Å²) in [6, 6.07) is 6.82. The van der Waals surface area contributed by atoms with E-state index in [1.54, 1.807) is 0 Å². The molecule has 4 nitrogen and oxygen atoms in total. The quantitative estimate of drug-likeness (QED) is 0.544. The number of rotatable bonds is 5. The molecule has 0 saturated heterocycles. The first-order valence-electron chi connectivity index (χ1n) is 8.77. The lowest BCUT2D eigenvalue weighted by atomic mass is 9.99. The summed E-state index contributed by atoms with van der Waals surface area (Å²) in [5.41, 5.74) is -2.51. The Morgan fingerprint density at radius 2 is 1.48 bits per heavy atom. The fourth-order valence-electron chi connectivity index (χ4n) is 2.86. The molecule has 3 rings (SSSR count). The number of halogens is 7. The number of imidazole rings is 1. The van der Waals surface area contributed by atoms with Crippen molar-refractivity contribution in [3.8, 4) is 16.8 Å². The molecular weight excluding hydrogens is 431 g/mol. The molecule has 3 aromatic rings. The van der Waals surface area contributed by atoms with Gasteiger partial charge in [-0.05, 0) is 41.5 Å². The number of carbonyl (C=O) groups is 1. The number of benzene rings is 2. The third-order valence-electron chi connectivity index (χ3n) is 4.32. The second-order valence-electron chi connectivity index (χ2n) is 6.44. The monoisotopic (exact) mass is 445 g/mol. The fourth-order valence-corrected chi connectivity index (χ4v) is 2.86. The maximum absolute atomic E-state index is 13.1. The highest BCUT2D eigenvalue weighted by Crippen LogP contribution is 2.38. The van der Waals surface area contributed by atoms with E-state index in [0.717, 1.165) is 0 Å². The molecule has 0 unspecified atom stereocenters. The lowest BCUT2D eigenvalue weighted by molar-refractivity contribution is -0.143. The topological polar surface area (TPSA) is 46.9 Å². The zero-order valence-corrected chi connectivity index (χ0v) is 15.6. The van der Waals surface area contributed by atoms with Crippen molar-refractivity contribution in [2.45, 2.75) is 12.4 Å². The molecular formula is C20H14F7N3O. The molecule has 0 bridgehead atoms. The van der Waals surface area contributed by atoms with Crippen LogP contribution in [0, 0.1) is 0 Å². The Hall–Kier alpha value is -3.37. The molecule has 0 spiro atoms. The number of hydrogen-bond acceptors (Lipinski definition) is 2. The molecule has 0 saturated carbocycles. The van der Waals surface area contributed by atoms with Gasteiger partial charge >= 0.3 is 12.4 Å². The number of hydrogen-bond donors (Lipinski definition) is 1. The van der Waals surface area contributed by atoms with Crippen LogP contribution in [-0.4, -0.2) is 28.7 Å². The molecule has 1 amide bonds. The van der Waals surface area contributed by atoms with Gasteiger partial charge in [-0.2, -0.15) is 26.3 Å². The van der Waals surface area contributed by atoms with Crippen molar-refractivity contribution < 1.29 is 35.5 Å². The summed E-state index contributed by atoms with van der Waals surface area (Å²) in [5, 5.41) is 2.33. The van der Waals surface area contributed by atoms with E-state index in [9.17, 15) is 35.5 Å². The Kier molecular flexibility index (Phi) is 6.05. The lowest BCUT2D eigenvalue weighted by Gasteiger charge is -2.15. The van der Waals surface area contributed by atoms with E-state index in [-0.39, 0.29) is 29.4 Å². The highest BCUT2D eigenvalue weighted by atomic mass is 19.4. The average Bonchev–Trinajstić information content (AvgIpc) is 3.20. The molecule has 1 heterocycles. The third-order valence-corrected chi connectivity index (χ3v) is 4.32. The van der Waals surface area contributed by atoms with Crippen LogP contribution in [0.1, 0.15) is 21.6 Å². The predicted molar refractivity (Wildman–Crippen MR) is 97.3 cm³/mol. The maximum Gasteiger partial charge on any atom is 0.416 e. The highest BCUT2D eigenvalue weighted by molar-refractivity contribution is 5.93. The molecule has 0 aliphatic heterocycles. The van der Waals surface area contributed by atoms with Crippen LogP contribution < -0.4 is 5.32 Å². The molecule has 0 aliphatic carbocycles. The van der Waals surface area contributed by atoms with Crippen molar-refractivity contribution in [3.63, 3.8) is 0 Å². The Labute approximate surface area is 171 Å². The smallest absolute Gasteiger partial charge is 0.348 e. The Morgan fingerprint density at radius 3 is 2.00 bits per heavy atom. The molecule has 164 valence electrons. The number of alkyl halides is 7. The SMILES string of the molecule is O=C(NCCF)c1cncn1-c1ccc(-c2cc(C(F)(F)F)cc(C(F)(F)F)c2)cc1.